The monoisotopic (exact) mass is 390 g/mol. The van der Waals surface area contributed by atoms with Crippen molar-refractivity contribution in [3.63, 3.8) is 0 Å². The number of aryl methyl sites for hydroxylation is 1. The summed E-state index contributed by atoms with van der Waals surface area (Å²) in [7, 11) is 1.62. The molecule has 0 radical (unpaired) electrons. The van der Waals surface area contributed by atoms with Crippen LogP contribution in [0.1, 0.15) is 16.1 Å². The topological polar surface area (TPSA) is 114 Å². The molecule has 3 N–H and O–H groups in total. The molecule has 0 aliphatic rings. The molecule has 0 bridgehead atoms. The van der Waals surface area contributed by atoms with E-state index in [1.807, 2.05) is 35.7 Å². The molecule has 9 nitrogen and oxygen atoms in total. The van der Waals surface area contributed by atoms with Gasteiger partial charge in [0, 0.05) is 29.7 Å². The first-order valence-electron chi connectivity index (χ1n) is 8.76. The maximum atomic E-state index is 11.4. The molecule has 9 heteroatoms. The molecule has 29 heavy (non-hydrogen) atoms. The number of ether oxygens (including phenoxy) is 1. The van der Waals surface area contributed by atoms with E-state index in [2.05, 4.69) is 20.3 Å². The number of pyridine rings is 1. The lowest BCUT2D eigenvalue weighted by atomic mass is 10.2. The Morgan fingerprint density at radius 2 is 1.93 bits per heavy atom. The van der Waals surface area contributed by atoms with Gasteiger partial charge in [-0.25, -0.2) is 20.4 Å². The number of nitrogens with one attached hydrogen (secondary N) is 2. The average Bonchev–Trinajstić information content (AvgIpc) is 3.08. The van der Waals surface area contributed by atoms with E-state index in [4.69, 9.17) is 9.94 Å². The molecule has 0 atom stereocenters. The molecule has 0 unspecified atom stereocenters. The molecule has 1 amide bonds. The number of hydroxylamine groups is 1. The summed E-state index contributed by atoms with van der Waals surface area (Å²) < 4.78 is 7.22. The van der Waals surface area contributed by atoms with Crippen LogP contribution in [0.4, 0.5) is 11.6 Å². The summed E-state index contributed by atoms with van der Waals surface area (Å²) in [5.41, 5.74) is 5.83. The van der Waals surface area contributed by atoms with E-state index in [1.54, 1.807) is 43.1 Å². The third-order valence-corrected chi connectivity index (χ3v) is 4.41. The Bertz CT molecular complexity index is 1190. The van der Waals surface area contributed by atoms with Crippen molar-refractivity contribution >= 4 is 23.2 Å². The number of carbonyl (C=O) groups is 1. The second-order valence-electron chi connectivity index (χ2n) is 6.25. The molecule has 3 aromatic heterocycles. The fourth-order valence-electron chi connectivity index (χ4n) is 3.03. The minimum atomic E-state index is -0.575. The summed E-state index contributed by atoms with van der Waals surface area (Å²) in [6.07, 6.45) is 3.56. The van der Waals surface area contributed by atoms with Gasteiger partial charge < -0.3 is 10.1 Å². The highest BCUT2D eigenvalue weighted by atomic mass is 16.5. The van der Waals surface area contributed by atoms with E-state index in [-0.39, 0.29) is 0 Å². The highest BCUT2D eigenvalue weighted by Crippen LogP contribution is 2.26. The number of imidazole rings is 1. The molecule has 3 heterocycles. The second-order valence-corrected chi connectivity index (χ2v) is 6.25. The maximum absolute atomic E-state index is 11.4. The van der Waals surface area contributed by atoms with E-state index in [1.165, 1.54) is 0 Å². The van der Waals surface area contributed by atoms with Gasteiger partial charge in [-0.3, -0.25) is 14.4 Å². The average molecular weight is 390 g/mol. The zero-order chi connectivity index (χ0) is 20.4. The lowest BCUT2D eigenvalue weighted by molar-refractivity contribution is 0.0706. The van der Waals surface area contributed by atoms with Gasteiger partial charge in [0.2, 0.25) is 5.95 Å². The largest absolute Gasteiger partial charge is 0.497 e. The molecule has 0 saturated carbocycles. The first-order valence-corrected chi connectivity index (χ1v) is 8.76. The highest BCUT2D eigenvalue weighted by Gasteiger charge is 2.14. The zero-order valence-corrected chi connectivity index (χ0v) is 15.7. The predicted molar refractivity (Wildman–Crippen MR) is 106 cm³/mol. The van der Waals surface area contributed by atoms with Gasteiger partial charge in [-0.15, -0.1) is 0 Å². The van der Waals surface area contributed by atoms with Crippen LogP contribution in [-0.2, 0) is 0 Å². The third kappa shape index (κ3) is 3.58. The summed E-state index contributed by atoms with van der Waals surface area (Å²) in [4.78, 5) is 24.9. The summed E-state index contributed by atoms with van der Waals surface area (Å²) in [6.45, 7) is 1.93. The van der Waals surface area contributed by atoms with Gasteiger partial charge in [-0.1, -0.05) is 0 Å². The van der Waals surface area contributed by atoms with Crippen LogP contribution in [0.15, 0.2) is 54.9 Å². The van der Waals surface area contributed by atoms with Gasteiger partial charge in [-0.05, 0) is 43.3 Å². The van der Waals surface area contributed by atoms with Gasteiger partial charge in [0.1, 0.15) is 11.4 Å². The molecule has 0 saturated heterocycles. The van der Waals surface area contributed by atoms with Crippen molar-refractivity contribution in [2.24, 2.45) is 0 Å². The third-order valence-electron chi connectivity index (χ3n) is 4.41. The Balaban J connectivity index is 1.65. The fourth-order valence-corrected chi connectivity index (χ4v) is 3.03. The molecule has 4 rings (SSSR count). The lowest BCUT2D eigenvalue weighted by Crippen LogP contribution is -2.18. The van der Waals surface area contributed by atoms with Gasteiger partial charge in [-0.2, -0.15) is 0 Å². The number of methoxy groups -OCH3 is 1. The van der Waals surface area contributed by atoms with E-state index >= 15 is 0 Å². The fraction of sp³-hybridized carbons (Fsp3) is 0.100. The van der Waals surface area contributed by atoms with Gasteiger partial charge >= 0.3 is 0 Å². The number of carbonyl (C=O) groups excluding carboxylic acids is 1. The number of aromatic nitrogens is 4. The number of rotatable bonds is 5. The Hall–Kier alpha value is -3.98. The number of nitrogens with zero attached hydrogens (tertiary/aromatic N) is 4. The molecular weight excluding hydrogens is 372 g/mol. The zero-order valence-electron chi connectivity index (χ0n) is 15.7. The molecule has 0 spiro atoms. The van der Waals surface area contributed by atoms with Crippen LogP contribution >= 0.6 is 0 Å². The molecule has 146 valence electrons. The van der Waals surface area contributed by atoms with Crippen molar-refractivity contribution in [1.29, 1.82) is 0 Å². The van der Waals surface area contributed by atoms with Gasteiger partial charge in [0.15, 0.2) is 0 Å². The van der Waals surface area contributed by atoms with Crippen molar-refractivity contribution < 1.29 is 14.7 Å². The quantitative estimate of drug-likeness (QED) is 0.355. The Kier molecular flexibility index (Phi) is 4.80. The van der Waals surface area contributed by atoms with E-state index in [0.717, 1.165) is 22.8 Å². The first kappa shape index (κ1) is 18.4. The van der Waals surface area contributed by atoms with E-state index < -0.39 is 5.91 Å². The molecule has 0 fully saturated rings. The van der Waals surface area contributed by atoms with Crippen molar-refractivity contribution in [1.82, 2.24) is 24.8 Å². The minimum Gasteiger partial charge on any atom is -0.497 e. The normalized spacial score (nSPS) is 10.7. The van der Waals surface area contributed by atoms with Crippen LogP contribution in [0.25, 0.3) is 17.0 Å². The van der Waals surface area contributed by atoms with Crippen LogP contribution in [-0.4, -0.2) is 37.6 Å². The first-order chi connectivity index (χ1) is 14.1. The number of hydrogen-bond donors (Lipinski definition) is 3. The SMILES string of the molecule is COc1ccn2c(-c3ccnc(Nc4ccc(C(=O)NO)cc4)n3)c(C)nc2c1. The van der Waals surface area contributed by atoms with E-state index in [0.29, 0.717) is 22.9 Å². The van der Waals surface area contributed by atoms with Crippen LogP contribution in [0.3, 0.4) is 0 Å². The van der Waals surface area contributed by atoms with Crippen molar-refractivity contribution in [3.05, 3.63) is 66.1 Å². The van der Waals surface area contributed by atoms with E-state index in [9.17, 15) is 4.79 Å². The Morgan fingerprint density at radius 3 is 2.66 bits per heavy atom. The van der Waals surface area contributed by atoms with Crippen LogP contribution in [0.2, 0.25) is 0 Å². The van der Waals surface area contributed by atoms with Crippen molar-refractivity contribution in [2.45, 2.75) is 6.92 Å². The Labute approximate surface area is 166 Å². The van der Waals surface area contributed by atoms with Crippen LogP contribution in [0, 0.1) is 6.92 Å². The van der Waals surface area contributed by atoms with Crippen LogP contribution in [0.5, 0.6) is 5.75 Å². The Morgan fingerprint density at radius 1 is 1.14 bits per heavy atom. The minimum absolute atomic E-state index is 0.338. The number of amides is 1. The highest BCUT2D eigenvalue weighted by molar-refractivity contribution is 5.93. The lowest BCUT2D eigenvalue weighted by Gasteiger charge is -2.08. The molecule has 1 aromatic carbocycles. The van der Waals surface area contributed by atoms with Gasteiger partial charge in [0.25, 0.3) is 5.91 Å². The summed E-state index contributed by atoms with van der Waals surface area (Å²) in [5, 5.41) is 11.8. The summed E-state index contributed by atoms with van der Waals surface area (Å²) in [5.74, 6) is 0.566. The maximum Gasteiger partial charge on any atom is 0.274 e. The van der Waals surface area contributed by atoms with Crippen molar-refractivity contribution in [2.75, 3.05) is 12.4 Å². The second kappa shape index (κ2) is 7.56. The number of benzene rings is 1. The van der Waals surface area contributed by atoms with Crippen molar-refractivity contribution in [3.8, 4) is 17.1 Å². The number of fused-ring (bicyclic) bond motifs is 1. The molecular formula is C20H18N6O3. The number of hydrogen-bond acceptors (Lipinski definition) is 7. The smallest absolute Gasteiger partial charge is 0.274 e. The standard InChI is InChI=1S/C20H18N6O3/c1-12-18(26-10-8-15(29-2)11-17(26)22-12)16-7-9-21-20(24-16)23-14-5-3-13(4-6-14)19(27)25-28/h3-11,28H,1-2H3,(H,25,27)(H,21,23,24). The molecule has 4 aromatic rings. The van der Waals surface area contributed by atoms with Crippen LogP contribution < -0.4 is 15.5 Å². The summed E-state index contributed by atoms with van der Waals surface area (Å²) >= 11 is 0. The number of anilines is 2. The molecule has 0 aliphatic heterocycles. The summed E-state index contributed by atoms with van der Waals surface area (Å²) in [6, 6.07) is 12.1. The van der Waals surface area contributed by atoms with Gasteiger partial charge in [0.05, 0.1) is 24.2 Å². The molecule has 0 aliphatic carbocycles. The predicted octanol–water partition coefficient (Wildman–Crippen LogP) is 2.97.